The van der Waals surface area contributed by atoms with Crippen molar-refractivity contribution in [1.82, 2.24) is 10.4 Å². The molecule has 0 saturated carbocycles. The van der Waals surface area contributed by atoms with E-state index in [0.29, 0.717) is 12.8 Å². The molecule has 1 heterocycles. The first-order valence-electron chi connectivity index (χ1n) is 4.66. The van der Waals surface area contributed by atoms with Gasteiger partial charge in [0, 0.05) is 19.5 Å². The maximum absolute atomic E-state index is 11.1. The molecule has 3 nitrogen and oxygen atoms in total. The number of hydrogen-bond donors (Lipinski definition) is 1. The Morgan fingerprint density at radius 2 is 2.00 bits per heavy atom. The van der Waals surface area contributed by atoms with E-state index in [-0.39, 0.29) is 5.91 Å². The molecule has 1 radical (unpaired) electrons. The van der Waals surface area contributed by atoms with Gasteiger partial charge < -0.3 is 0 Å². The Labute approximate surface area is 74.1 Å². The quantitative estimate of drug-likeness (QED) is 0.686. The zero-order valence-electron chi connectivity index (χ0n) is 7.51. The van der Waals surface area contributed by atoms with Gasteiger partial charge in [0.1, 0.15) is 0 Å². The Bertz CT molecular complexity index is 141. The molecule has 1 saturated heterocycles. The van der Waals surface area contributed by atoms with Crippen LogP contribution in [0.1, 0.15) is 32.1 Å². The number of hydrogen-bond acceptors (Lipinski definition) is 2. The number of nitrogens with zero attached hydrogens (tertiary/aromatic N) is 1. The van der Waals surface area contributed by atoms with Crippen LogP contribution in [0.4, 0.5) is 0 Å². The molecule has 0 atom stereocenters. The van der Waals surface area contributed by atoms with E-state index in [1.165, 1.54) is 19.3 Å². The van der Waals surface area contributed by atoms with Crippen molar-refractivity contribution in [2.75, 3.05) is 13.1 Å². The molecule has 1 aliphatic rings. The lowest BCUT2D eigenvalue weighted by Gasteiger charge is -2.26. The van der Waals surface area contributed by atoms with Crippen LogP contribution in [0.5, 0.6) is 0 Å². The van der Waals surface area contributed by atoms with Crippen molar-refractivity contribution >= 4 is 5.91 Å². The van der Waals surface area contributed by atoms with Crippen LogP contribution in [0.15, 0.2) is 0 Å². The average Bonchev–Trinajstić information content (AvgIpc) is 2.06. The molecule has 69 valence electrons. The van der Waals surface area contributed by atoms with Gasteiger partial charge in [0.15, 0.2) is 0 Å². The minimum atomic E-state index is 0.104. The van der Waals surface area contributed by atoms with Crippen molar-refractivity contribution in [2.24, 2.45) is 0 Å². The van der Waals surface area contributed by atoms with E-state index in [9.17, 15) is 4.79 Å². The number of carbonyl (C=O) groups is 1. The summed E-state index contributed by atoms with van der Waals surface area (Å²) < 4.78 is 0. The SMILES string of the molecule is [CH2]CCC(=O)NN1CCCCC1. The van der Waals surface area contributed by atoms with Crippen LogP contribution in [0.25, 0.3) is 0 Å². The Morgan fingerprint density at radius 1 is 1.33 bits per heavy atom. The Kier molecular flexibility index (Phi) is 4.08. The van der Waals surface area contributed by atoms with Crippen LogP contribution < -0.4 is 5.43 Å². The fourth-order valence-corrected chi connectivity index (χ4v) is 1.40. The van der Waals surface area contributed by atoms with Gasteiger partial charge in [-0.25, -0.2) is 5.01 Å². The molecule has 1 N–H and O–H groups in total. The molecule has 1 fully saturated rings. The van der Waals surface area contributed by atoms with Gasteiger partial charge >= 0.3 is 0 Å². The minimum Gasteiger partial charge on any atom is -0.289 e. The second kappa shape index (κ2) is 5.14. The van der Waals surface area contributed by atoms with Crippen LogP contribution in [0, 0.1) is 6.92 Å². The van der Waals surface area contributed by atoms with Crippen LogP contribution in [-0.2, 0) is 4.79 Å². The molecule has 3 heteroatoms. The van der Waals surface area contributed by atoms with Crippen molar-refractivity contribution in [3.8, 4) is 0 Å². The van der Waals surface area contributed by atoms with Crippen LogP contribution in [-0.4, -0.2) is 24.0 Å². The molecular weight excluding hydrogens is 152 g/mol. The lowest BCUT2D eigenvalue weighted by atomic mass is 10.2. The van der Waals surface area contributed by atoms with E-state index < -0.39 is 0 Å². The molecule has 0 aromatic heterocycles. The summed E-state index contributed by atoms with van der Waals surface area (Å²) in [6, 6.07) is 0. The zero-order valence-corrected chi connectivity index (χ0v) is 7.51. The van der Waals surface area contributed by atoms with E-state index in [1.807, 2.05) is 5.01 Å². The lowest BCUT2D eigenvalue weighted by Crippen LogP contribution is -2.44. The fourth-order valence-electron chi connectivity index (χ4n) is 1.40. The molecule has 0 aromatic rings. The van der Waals surface area contributed by atoms with Crippen molar-refractivity contribution in [1.29, 1.82) is 0 Å². The van der Waals surface area contributed by atoms with Gasteiger partial charge in [-0.1, -0.05) is 13.3 Å². The van der Waals surface area contributed by atoms with Gasteiger partial charge in [-0.05, 0) is 19.3 Å². The first kappa shape index (κ1) is 9.52. The fraction of sp³-hybridized carbons (Fsp3) is 0.778. The van der Waals surface area contributed by atoms with Crippen LogP contribution in [0.3, 0.4) is 0 Å². The van der Waals surface area contributed by atoms with Gasteiger partial charge in [0.2, 0.25) is 5.91 Å². The van der Waals surface area contributed by atoms with E-state index in [0.717, 1.165) is 13.1 Å². The Morgan fingerprint density at radius 3 is 2.58 bits per heavy atom. The lowest BCUT2D eigenvalue weighted by molar-refractivity contribution is -0.126. The third-order valence-corrected chi connectivity index (χ3v) is 2.04. The molecule has 0 aliphatic carbocycles. The van der Waals surface area contributed by atoms with Crippen LogP contribution >= 0.6 is 0 Å². The number of rotatable bonds is 3. The zero-order chi connectivity index (χ0) is 8.81. The third kappa shape index (κ3) is 3.22. The number of amides is 1. The summed E-state index contributed by atoms with van der Waals surface area (Å²) >= 11 is 0. The summed E-state index contributed by atoms with van der Waals surface area (Å²) in [5.41, 5.74) is 2.87. The van der Waals surface area contributed by atoms with Crippen LogP contribution in [0.2, 0.25) is 0 Å². The molecular formula is C9H17N2O. The number of hydrazine groups is 1. The number of carbonyl (C=O) groups excluding carboxylic acids is 1. The summed E-state index contributed by atoms with van der Waals surface area (Å²) in [6.45, 7) is 5.65. The van der Waals surface area contributed by atoms with Gasteiger partial charge in [0.05, 0.1) is 0 Å². The number of piperidine rings is 1. The molecule has 0 unspecified atom stereocenters. The first-order valence-corrected chi connectivity index (χ1v) is 4.66. The summed E-state index contributed by atoms with van der Waals surface area (Å²) in [5, 5.41) is 2.02. The Hall–Kier alpha value is -0.570. The first-order chi connectivity index (χ1) is 5.83. The molecule has 1 aliphatic heterocycles. The molecule has 1 rings (SSSR count). The maximum Gasteiger partial charge on any atom is 0.234 e. The van der Waals surface area contributed by atoms with E-state index in [1.54, 1.807) is 0 Å². The summed E-state index contributed by atoms with van der Waals surface area (Å²) in [5.74, 6) is 0.104. The van der Waals surface area contributed by atoms with E-state index in [2.05, 4.69) is 12.3 Å². The number of nitrogens with one attached hydrogen (secondary N) is 1. The van der Waals surface area contributed by atoms with Gasteiger partial charge in [-0.15, -0.1) is 0 Å². The monoisotopic (exact) mass is 169 g/mol. The van der Waals surface area contributed by atoms with Gasteiger partial charge in [-0.3, -0.25) is 10.2 Å². The Balaban J connectivity index is 2.15. The highest BCUT2D eigenvalue weighted by molar-refractivity contribution is 5.75. The molecule has 1 amide bonds. The average molecular weight is 169 g/mol. The predicted molar refractivity (Wildman–Crippen MR) is 48.2 cm³/mol. The molecule has 0 spiro atoms. The topological polar surface area (TPSA) is 32.3 Å². The van der Waals surface area contributed by atoms with Crippen molar-refractivity contribution in [3.63, 3.8) is 0 Å². The largest absolute Gasteiger partial charge is 0.289 e. The minimum absolute atomic E-state index is 0.104. The predicted octanol–water partition coefficient (Wildman–Crippen LogP) is 1.12. The molecule has 12 heavy (non-hydrogen) atoms. The molecule has 0 aromatic carbocycles. The van der Waals surface area contributed by atoms with E-state index >= 15 is 0 Å². The summed E-state index contributed by atoms with van der Waals surface area (Å²) in [6.07, 6.45) is 4.91. The maximum atomic E-state index is 11.1. The summed E-state index contributed by atoms with van der Waals surface area (Å²) in [4.78, 5) is 11.1. The highest BCUT2D eigenvalue weighted by atomic mass is 16.2. The van der Waals surface area contributed by atoms with Crippen molar-refractivity contribution in [3.05, 3.63) is 6.92 Å². The highest BCUT2D eigenvalue weighted by Crippen LogP contribution is 2.05. The van der Waals surface area contributed by atoms with Gasteiger partial charge in [0.25, 0.3) is 0 Å². The second-order valence-corrected chi connectivity index (χ2v) is 3.19. The molecule has 0 bridgehead atoms. The normalized spacial score (nSPS) is 19.1. The third-order valence-electron chi connectivity index (χ3n) is 2.04. The van der Waals surface area contributed by atoms with Gasteiger partial charge in [-0.2, -0.15) is 0 Å². The second-order valence-electron chi connectivity index (χ2n) is 3.19. The van der Waals surface area contributed by atoms with E-state index in [4.69, 9.17) is 0 Å². The smallest absolute Gasteiger partial charge is 0.234 e. The highest BCUT2D eigenvalue weighted by Gasteiger charge is 2.11. The standard InChI is InChI=1S/C9H17N2O/c1-2-6-9(12)10-11-7-4-3-5-8-11/h1-8H2,(H,10,12). The van der Waals surface area contributed by atoms with Crippen molar-refractivity contribution < 1.29 is 4.79 Å². The van der Waals surface area contributed by atoms with Crippen molar-refractivity contribution in [2.45, 2.75) is 32.1 Å². The summed E-state index contributed by atoms with van der Waals surface area (Å²) in [7, 11) is 0.